The first-order valence-corrected chi connectivity index (χ1v) is 5.85. The van der Waals surface area contributed by atoms with Gasteiger partial charge in [0.2, 0.25) is 0 Å². The van der Waals surface area contributed by atoms with Gasteiger partial charge in [0.15, 0.2) is 9.84 Å². The van der Waals surface area contributed by atoms with E-state index in [9.17, 15) is 8.42 Å². The second-order valence-corrected chi connectivity index (χ2v) is 5.25. The molecule has 1 fully saturated rings. The SMILES string of the molecule is CCC1=CC(C2CC2)=CS1(=O)=O. The van der Waals surface area contributed by atoms with Gasteiger partial charge in [-0.1, -0.05) is 6.92 Å². The van der Waals surface area contributed by atoms with Crippen LogP contribution in [0.2, 0.25) is 0 Å². The number of hydrogen-bond acceptors (Lipinski definition) is 2. The van der Waals surface area contributed by atoms with Gasteiger partial charge in [0.1, 0.15) is 0 Å². The highest BCUT2D eigenvalue weighted by Gasteiger charge is 2.31. The predicted molar refractivity (Wildman–Crippen MR) is 48.1 cm³/mol. The van der Waals surface area contributed by atoms with Crippen LogP contribution in [0.1, 0.15) is 26.2 Å². The lowest BCUT2D eigenvalue weighted by molar-refractivity contribution is 0.609. The Labute approximate surface area is 72.9 Å². The molecule has 0 radical (unpaired) electrons. The number of allylic oxidation sites excluding steroid dienone is 3. The van der Waals surface area contributed by atoms with Crippen molar-refractivity contribution < 1.29 is 8.42 Å². The summed E-state index contributed by atoms with van der Waals surface area (Å²) in [6.07, 6.45) is 4.80. The van der Waals surface area contributed by atoms with E-state index in [1.165, 1.54) is 5.41 Å². The van der Waals surface area contributed by atoms with Crippen molar-refractivity contribution in [2.24, 2.45) is 5.92 Å². The summed E-state index contributed by atoms with van der Waals surface area (Å²) >= 11 is 0. The third-order valence-corrected chi connectivity index (χ3v) is 4.10. The fourth-order valence-corrected chi connectivity index (χ4v) is 2.96. The van der Waals surface area contributed by atoms with Gasteiger partial charge >= 0.3 is 0 Å². The molecule has 2 aliphatic rings. The van der Waals surface area contributed by atoms with E-state index in [1.54, 1.807) is 0 Å². The van der Waals surface area contributed by atoms with Crippen molar-refractivity contribution in [1.82, 2.24) is 0 Å². The van der Waals surface area contributed by atoms with E-state index in [1.807, 2.05) is 13.0 Å². The molecule has 12 heavy (non-hydrogen) atoms. The Kier molecular flexibility index (Phi) is 1.65. The van der Waals surface area contributed by atoms with E-state index in [0.29, 0.717) is 17.2 Å². The van der Waals surface area contributed by atoms with Crippen LogP contribution in [0.3, 0.4) is 0 Å². The van der Waals surface area contributed by atoms with E-state index in [2.05, 4.69) is 0 Å². The van der Waals surface area contributed by atoms with Crippen molar-refractivity contribution in [3.05, 3.63) is 22.0 Å². The van der Waals surface area contributed by atoms with Gasteiger partial charge in [-0.05, 0) is 36.8 Å². The van der Waals surface area contributed by atoms with Crippen molar-refractivity contribution in [3.63, 3.8) is 0 Å². The fraction of sp³-hybridized carbons (Fsp3) is 0.556. The average Bonchev–Trinajstić information content (AvgIpc) is 2.76. The first-order valence-electron chi connectivity index (χ1n) is 4.31. The van der Waals surface area contributed by atoms with Crippen molar-refractivity contribution in [2.75, 3.05) is 0 Å². The Morgan fingerprint density at radius 1 is 1.50 bits per heavy atom. The molecule has 0 aromatic rings. The van der Waals surface area contributed by atoms with Crippen LogP contribution in [0.4, 0.5) is 0 Å². The molecule has 2 nitrogen and oxygen atoms in total. The van der Waals surface area contributed by atoms with Gasteiger partial charge in [0.05, 0.1) is 0 Å². The molecule has 0 atom stereocenters. The summed E-state index contributed by atoms with van der Waals surface area (Å²) in [5.74, 6) is 0.545. The molecule has 2 rings (SSSR count). The highest BCUT2D eigenvalue weighted by Crippen LogP contribution is 2.41. The Morgan fingerprint density at radius 3 is 2.58 bits per heavy atom. The van der Waals surface area contributed by atoms with E-state index in [-0.39, 0.29) is 0 Å². The van der Waals surface area contributed by atoms with Crippen LogP contribution >= 0.6 is 0 Å². The predicted octanol–water partition coefficient (Wildman–Crippen LogP) is 2.00. The molecule has 0 saturated heterocycles. The van der Waals surface area contributed by atoms with Gasteiger partial charge in [0.25, 0.3) is 0 Å². The summed E-state index contributed by atoms with van der Waals surface area (Å²) in [5, 5.41) is 1.45. The normalized spacial score (nSPS) is 26.8. The van der Waals surface area contributed by atoms with Crippen molar-refractivity contribution in [1.29, 1.82) is 0 Å². The second kappa shape index (κ2) is 2.46. The topological polar surface area (TPSA) is 34.1 Å². The smallest absolute Gasteiger partial charge is 0.196 e. The summed E-state index contributed by atoms with van der Waals surface area (Å²) in [6, 6.07) is 0. The van der Waals surface area contributed by atoms with E-state index >= 15 is 0 Å². The minimum Gasteiger partial charge on any atom is -0.219 e. The zero-order chi connectivity index (χ0) is 8.77. The molecular formula is C9H12O2S. The minimum absolute atomic E-state index is 0.545. The lowest BCUT2D eigenvalue weighted by Crippen LogP contribution is -1.93. The Balaban J connectivity index is 2.36. The van der Waals surface area contributed by atoms with Crippen molar-refractivity contribution >= 4 is 9.84 Å². The van der Waals surface area contributed by atoms with Crippen LogP contribution in [0, 0.1) is 5.92 Å². The van der Waals surface area contributed by atoms with Gasteiger partial charge < -0.3 is 0 Å². The molecule has 1 aliphatic carbocycles. The number of rotatable bonds is 2. The second-order valence-electron chi connectivity index (χ2n) is 3.40. The van der Waals surface area contributed by atoms with Gasteiger partial charge in [0, 0.05) is 10.3 Å². The Morgan fingerprint density at radius 2 is 2.17 bits per heavy atom. The summed E-state index contributed by atoms with van der Waals surface area (Å²) in [5.41, 5.74) is 1.03. The van der Waals surface area contributed by atoms with Crippen LogP contribution in [0.25, 0.3) is 0 Å². The summed E-state index contributed by atoms with van der Waals surface area (Å²) in [4.78, 5) is 0.587. The van der Waals surface area contributed by atoms with Gasteiger partial charge in [-0.25, -0.2) is 8.42 Å². The Bertz CT molecular complexity index is 356. The molecule has 0 unspecified atom stereocenters. The van der Waals surface area contributed by atoms with Crippen LogP contribution in [0.15, 0.2) is 22.0 Å². The standard InChI is InChI=1S/C9H12O2S/c1-2-9-5-8(7-3-4-7)6-12(9,10)11/h5-7H,2-4H2,1H3. The maximum absolute atomic E-state index is 11.4. The van der Waals surface area contributed by atoms with Crippen LogP contribution < -0.4 is 0 Å². The summed E-state index contributed by atoms with van der Waals surface area (Å²) < 4.78 is 22.8. The monoisotopic (exact) mass is 184 g/mol. The van der Waals surface area contributed by atoms with Gasteiger partial charge in [-0.3, -0.25) is 0 Å². The van der Waals surface area contributed by atoms with Crippen molar-refractivity contribution in [2.45, 2.75) is 26.2 Å². The summed E-state index contributed by atoms with van der Waals surface area (Å²) in [7, 11) is -2.99. The molecule has 0 spiro atoms. The molecule has 3 heteroatoms. The molecular weight excluding hydrogens is 172 g/mol. The summed E-state index contributed by atoms with van der Waals surface area (Å²) in [6.45, 7) is 1.88. The average molecular weight is 184 g/mol. The molecule has 1 aliphatic heterocycles. The van der Waals surface area contributed by atoms with Crippen LogP contribution in [0.5, 0.6) is 0 Å². The van der Waals surface area contributed by atoms with E-state index < -0.39 is 9.84 Å². The highest BCUT2D eigenvalue weighted by molar-refractivity contribution is 7.98. The molecule has 1 heterocycles. The van der Waals surface area contributed by atoms with Crippen molar-refractivity contribution in [3.8, 4) is 0 Å². The molecule has 0 aromatic carbocycles. The molecule has 0 N–H and O–H groups in total. The highest BCUT2D eigenvalue weighted by atomic mass is 32.2. The third kappa shape index (κ3) is 1.22. The number of sulfone groups is 1. The first kappa shape index (κ1) is 8.05. The molecule has 1 saturated carbocycles. The maximum Gasteiger partial charge on any atom is 0.196 e. The van der Waals surface area contributed by atoms with E-state index in [4.69, 9.17) is 0 Å². The lowest BCUT2D eigenvalue weighted by Gasteiger charge is -1.92. The first-order chi connectivity index (χ1) is 5.63. The lowest BCUT2D eigenvalue weighted by atomic mass is 10.2. The van der Waals surface area contributed by atoms with Gasteiger partial charge in [-0.2, -0.15) is 0 Å². The number of hydrogen-bond donors (Lipinski definition) is 0. The zero-order valence-corrected chi connectivity index (χ0v) is 7.89. The largest absolute Gasteiger partial charge is 0.219 e. The Hall–Kier alpha value is -0.570. The quantitative estimate of drug-likeness (QED) is 0.657. The third-order valence-electron chi connectivity index (χ3n) is 2.38. The zero-order valence-electron chi connectivity index (χ0n) is 7.08. The minimum atomic E-state index is -2.99. The van der Waals surface area contributed by atoms with E-state index in [0.717, 1.165) is 18.4 Å². The van der Waals surface area contributed by atoms with Gasteiger partial charge in [-0.15, -0.1) is 0 Å². The molecule has 0 amide bonds. The van der Waals surface area contributed by atoms with Crippen LogP contribution in [-0.4, -0.2) is 8.42 Å². The molecule has 66 valence electrons. The molecule has 0 bridgehead atoms. The fourth-order valence-electron chi connectivity index (χ4n) is 1.49. The van der Waals surface area contributed by atoms with Crippen LogP contribution in [-0.2, 0) is 9.84 Å². The molecule has 0 aromatic heterocycles. The maximum atomic E-state index is 11.4.